The number of allylic oxidation sites excluding steroid dienone is 1. The van der Waals surface area contributed by atoms with Gasteiger partial charge in [-0.2, -0.15) is 5.10 Å². The summed E-state index contributed by atoms with van der Waals surface area (Å²) in [4.78, 5) is 26.3. The number of amides is 1. The summed E-state index contributed by atoms with van der Waals surface area (Å²) >= 11 is 0. The molecule has 0 radical (unpaired) electrons. The van der Waals surface area contributed by atoms with E-state index in [1.807, 2.05) is 11.6 Å². The second kappa shape index (κ2) is 11.9. The van der Waals surface area contributed by atoms with Gasteiger partial charge < -0.3 is 26.0 Å². The molecule has 1 aromatic heterocycles. The standard InChI is InChI=1S/C40H64N4O5/c1-23(2)25(5)36(7)16-17-37(8)26-11-12-30-35(6)19-29(44-28(33(41)45)14-18-43-44)32(49-21-39(10,42)24(3)4)40(30,22-48-20-35)27(26)13-15-38(37,9)31(36)34(46)47/h13-14,18,23-26,29-32H,11-12,15-17,19-22,42H2,1-10H3,(H2,41,45)(H,46,47)/t25-,26+,29-,30-,31-,32+,35-,36-,37-,38+,39+,40+/m1/s1. The zero-order valence-electron chi connectivity index (χ0n) is 31.8. The molecule has 49 heavy (non-hydrogen) atoms. The Hall–Kier alpha value is -2.23. The second-order valence-corrected chi connectivity index (χ2v) is 19.1. The Morgan fingerprint density at radius 2 is 1.80 bits per heavy atom. The van der Waals surface area contributed by atoms with E-state index in [1.54, 1.807) is 12.3 Å². The fraction of sp³-hybridized carbons (Fsp3) is 0.825. The summed E-state index contributed by atoms with van der Waals surface area (Å²) in [5.41, 5.74) is 12.4. The number of nitrogens with zero attached hydrogens (tertiary/aromatic N) is 2. The van der Waals surface area contributed by atoms with Crippen LogP contribution in [0.5, 0.6) is 0 Å². The van der Waals surface area contributed by atoms with Crippen LogP contribution in [-0.4, -0.2) is 58.2 Å². The van der Waals surface area contributed by atoms with Crippen LogP contribution in [0, 0.1) is 62.6 Å². The Morgan fingerprint density at radius 1 is 1.10 bits per heavy atom. The third-order valence-electron chi connectivity index (χ3n) is 16.1. The minimum Gasteiger partial charge on any atom is -0.481 e. The molecule has 5 N–H and O–H groups in total. The number of aliphatic carboxylic acids is 1. The Labute approximate surface area is 294 Å². The maximum Gasteiger partial charge on any atom is 0.307 e. The zero-order chi connectivity index (χ0) is 36.1. The van der Waals surface area contributed by atoms with E-state index in [-0.39, 0.29) is 46.1 Å². The number of carbonyl (C=O) groups excluding carboxylic acids is 1. The van der Waals surface area contributed by atoms with E-state index in [4.69, 9.17) is 26.0 Å². The topological polar surface area (TPSA) is 143 Å². The lowest BCUT2D eigenvalue weighted by Gasteiger charge is -2.71. The summed E-state index contributed by atoms with van der Waals surface area (Å²) < 4.78 is 15.7. The van der Waals surface area contributed by atoms with Gasteiger partial charge in [0.25, 0.3) is 5.91 Å². The first-order valence-corrected chi connectivity index (χ1v) is 19.0. The molecule has 1 aromatic rings. The van der Waals surface area contributed by atoms with E-state index in [1.165, 1.54) is 5.57 Å². The van der Waals surface area contributed by atoms with Crippen LogP contribution < -0.4 is 11.5 Å². The maximum atomic E-state index is 13.5. The van der Waals surface area contributed by atoms with Gasteiger partial charge in [0.15, 0.2) is 0 Å². The molecule has 2 bridgehead atoms. The van der Waals surface area contributed by atoms with Crippen LogP contribution in [0.25, 0.3) is 0 Å². The van der Waals surface area contributed by atoms with Crippen LogP contribution in [0.15, 0.2) is 23.9 Å². The van der Waals surface area contributed by atoms with Crippen molar-refractivity contribution in [3.8, 4) is 0 Å². The van der Waals surface area contributed by atoms with Crippen molar-refractivity contribution in [1.82, 2.24) is 9.78 Å². The average molecular weight is 681 g/mol. The first-order chi connectivity index (χ1) is 22.7. The van der Waals surface area contributed by atoms with Gasteiger partial charge in [0.2, 0.25) is 0 Å². The van der Waals surface area contributed by atoms with Crippen LogP contribution in [0.2, 0.25) is 0 Å². The summed E-state index contributed by atoms with van der Waals surface area (Å²) in [6.07, 6.45) is 9.10. The van der Waals surface area contributed by atoms with Crippen LogP contribution in [0.1, 0.15) is 124 Å². The van der Waals surface area contributed by atoms with Crippen molar-refractivity contribution >= 4 is 11.9 Å². The van der Waals surface area contributed by atoms with Crippen molar-refractivity contribution in [2.75, 3.05) is 19.8 Å². The first-order valence-electron chi connectivity index (χ1n) is 19.0. The zero-order valence-corrected chi connectivity index (χ0v) is 31.8. The fourth-order valence-electron chi connectivity index (χ4n) is 12.3. The number of ether oxygens (including phenoxy) is 2. The van der Waals surface area contributed by atoms with E-state index >= 15 is 0 Å². The Balaban J connectivity index is 1.54. The normalized spacial score (nSPS) is 43.5. The number of nitrogens with two attached hydrogens (primary N) is 2. The van der Waals surface area contributed by atoms with E-state index in [0.717, 1.165) is 32.1 Å². The number of hydrogen-bond donors (Lipinski definition) is 3. The van der Waals surface area contributed by atoms with Gasteiger partial charge in [0, 0.05) is 17.2 Å². The van der Waals surface area contributed by atoms with Crippen molar-refractivity contribution in [1.29, 1.82) is 0 Å². The minimum atomic E-state index is -0.659. The van der Waals surface area contributed by atoms with Gasteiger partial charge in [-0.15, -0.1) is 0 Å². The molecular formula is C40H64N4O5. The minimum absolute atomic E-state index is 0.178. The molecule has 3 saturated carbocycles. The molecular weight excluding hydrogens is 616 g/mol. The highest BCUT2D eigenvalue weighted by Gasteiger charge is 2.72. The molecule has 0 unspecified atom stereocenters. The van der Waals surface area contributed by atoms with Crippen LogP contribution in [0.3, 0.4) is 0 Å². The fourth-order valence-corrected chi connectivity index (χ4v) is 12.3. The number of rotatable bonds is 9. The molecule has 12 atom stereocenters. The van der Waals surface area contributed by atoms with Gasteiger partial charge in [-0.05, 0) is 103 Å². The molecule has 9 heteroatoms. The monoisotopic (exact) mass is 680 g/mol. The number of carboxylic acid groups (broad SMARTS) is 1. The van der Waals surface area contributed by atoms with Gasteiger partial charge in [-0.3, -0.25) is 14.3 Å². The number of primary amides is 1. The SMILES string of the molecule is CC(C)[C@@H](C)[C@@]1(C)CC[C@]2(C)[C@H]3CC[C@@H]4[C@@]5(C)COC[C@@]4(C3=CC[C@@]2(C)[C@@H]1C(=O)O)[C@@H](OC[C@](C)(N)C(C)C)[C@H](n1nccc1C(N)=O)C5. The van der Waals surface area contributed by atoms with Crippen molar-refractivity contribution in [3.05, 3.63) is 29.6 Å². The van der Waals surface area contributed by atoms with Crippen molar-refractivity contribution in [3.63, 3.8) is 0 Å². The van der Waals surface area contributed by atoms with Crippen LogP contribution >= 0.6 is 0 Å². The average Bonchev–Trinajstić information content (AvgIpc) is 3.50. The lowest BCUT2D eigenvalue weighted by molar-refractivity contribution is -0.254. The molecule has 0 spiro atoms. The number of aromatic nitrogens is 2. The summed E-state index contributed by atoms with van der Waals surface area (Å²) in [5, 5.41) is 15.8. The predicted octanol–water partition coefficient (Wildman–Crippen LogP) is 6.87. The molecule has 5 aliphatic rings. The van der Waals surface area contributed by atoms with Crippen LogP contribution in [0.4, 0.5) is 0 Å². The number of carboxylic acids is 1. The molecule has 1 amide bonds. The third-order valence-corrected chi connectivity index (χ3v) is 16.1. The van der Waals surface area contributed by atoms with Crippen LogP contribution in [-0.2, 0) is 14.3 Å². The van der Waals surface area contributed by atoms with Gasteiger partial charge in [-0.1, -0.05) is 74.0 Å². The first kappa shape index (κ1) is 36.6. The van der Waals surface area contributed by atoms with Gasteiger partial charge in [0.05, 0.1) is 37.9 Å². The summed E-state index contributed by atoms with van der Waals surface area (Å²) in [5.74, 6) is -0.290. The summed E-state index contributed by atoms with van der Waals surface area (Å²) in [6, 6.07) is 1.46. The van der Waals surface area contributed by atoms with E-state index in [9.17, 15) is 14.7 Å². The quantitative estimate of drug-likeness (QED) is 0.242. The number of fused-ring (bicyclic) bond motifs is 3. The maximum absolute atomic E-state index is 13.5. The van der Waals surface area contributed by atoms with Gasteiger partial charge in [-0.25, -0.2) is 0 Å². The Kier molecular flexibility index (Phi) is 8.88. The lowest BCUT2D eigenvalue weighted by Crippen LogP contribution is -2.70. The molecule has 2 heterocycles. The van der Waals surface area contributed by atoms with Gasteiger partial charge >= 0.3 is 5.97 Å². The number of carbonyl (C=O) groups is 2. The Morgan fingerprint density at radius 3 is 2.41 bits per heavy atom. The van der Waals surface area contributed by atoms with Crippen molar-refractivity contribution in [2.45, 2.75) is 125 Å². The molecule has 1 aliphatic heterocycles. The second-order valence-electron chi connectivity index (χ2n) is 19.1. The highest BCUT2D eigenvalue weighted by Crippen LogP contribution is 2.75. The molecule has 0 aromatic carbocycles. The predicted molar refractivity (Wildman–Crippen MR) is 191 cm³/mol. The van der Waals surface area contributed by atoms with Crippen molar-refractivity contribution < 1.29 is 24.2 Å². The van der Waals surface area contributed by atoms with E-state index < -0.39 is 34.2 Å². The van der Waals surface area contributed by atoms with E-state index in [2.05, 4.69) is 68.4 Å². The van der Waals surface area contributed by atoms with Crippen molar-refractivity contribution in [2.24, 2.45) is 74.0 Å². The third kappa shape index (κ3) is 5.05. The Bertz CT molecular complexity index is 1500. The molecule has 1 saturated heterocycles. The largest absolute Gasteiger partial charge is 0.481 e. The molecule has 4 fully saturated rings. The number of hydrogen-bond acceptors (Lipinski definition) is 6. The molecule has 9 nitrogen and oxygen atoms in total. The molecule has 6 rings (SSSR count). The molecule has 4 aliphatic carbocycles. The highest BCUT2D eigenvalue weighted by atomic mass is 16.5. The van der Waals surface area contributed by atoms with Gasteiger partial charge in [0.1, 0.15) is 5.69 Å². The lowest BCUT2D eigenvalue weighted by atomic mass is 9.34. The summed E-state index contributed by atoms with van der Waals surface area (Å²) in [6.45, 7) is 23.8. The molecule has 274 valence electrons. The summed E-state index contributed by atoms with van der Waals surface area (Å²) in [7, 11) is 0. The van der Waals surface area contributed by atoms with E-state index in [0.29, 0.717) is 43.8 Å². The smallest absolute Gasteiger partial charge is 0.307 e. The highest BCUT2D eigenvalue weighted by molar-refractivity contribution is 5.91.